The van der Waals surface area contributed by atoms with Crippen molar-refractivity contribution in [3.63, 3.8) is 0 Å². The zero-order valence-corrected chi connectivity index (χ0v) is 73.4. The molecule has 3 aromatic carbocycles. The molecule has 0 unspecified atom stereocenters. The van der Waals surface area contributed by atoms with Gasteiger partial charge in [-0.3, -0.25) is 81.5 Å². The van der Waals surface area contributed by atoms with E-state index in [1.165, 1.54) is 76.7 Å². The molecular formula is C87H116N20O20S. The number of ketones is 1. The lowest BCUT2D eigenvalue weighted by atomic mass is 9.90. The number of Topliss-reactive ketones (excluding diaryl/α,β-unsaturated/α-hetero) is 1. The fourth-order valence-electron chi connectivity index (χ4n) is 16.4. The SMILES string of the molecule is CCCC[C@H]1C(=O)N(C)[C@@H](CCCC)C(=O)N[C@@H](C)C(=O)N[C@H](C(=O)NCC(N)=O)CSCC(=O)N[C@@H](Cc2ccc(O)cc2)C(=O)N(C)[C@@H](C)C(=O)N[C@H]2CC(=O)NCC[C@H](NC(=O)[C@H](Cc3cnc[nH]3)NC(=O)[C@@H]3CCCN3C2=O)C(=O)N2C[C@H](O)C[C@H]2C(=O)C[C@@H](Cc2c[nH]c3ccccc23)C(=O)N[C@@H](CO)C(=O)N[C@@H](Cc2c[nH]c3ccccc23)C(=O)N1C. The van der Waals surface area contributed by atoms with Crippen molar-refractivity contribution in [2.75, 3.05) is 65.4 Å². The van der Waals surface area contributed by atoms with Gasteiger partial charge in [-0.2, -0.15) is 0 Å². The van der Waals surface area contributed by atoms with Gasteiger partial charge < -0.3 is 114 Å². The van der Waals surface area contributed by atoms with Crippen LogP contribution in [0.1, 0.15) is 127 Å². The number of para-hydroxylation sites is 2. The highest BCUT2D eigenvalue weighted by Gasteiger charge is 2.47. The van der Waals surface area contributed by atoms with Crippen LogP contribution in [0.25, 0.3) is 21.8 Å². The highest BCUT2D eigenvalue weighted by atomic mass is 32.2. The molecule has 2 bridgehead atoms. The highest BCUT2D eigenvalue weighted by molar-refractivity contribution is 8.00. The van der Waals surface area contributed by atoms with E-state index >= 15 is 33.6 Å². The number of nitrogens with zero attached hydrogens (tertiary/aromatic N) is 6. The number of nitrogens with one attached hydrogen (secondary N) is 13. The van der Waals surface area contributed by atoms with E-state index in [1.54, 1.807) is 60.9 Å². The third-order valence-corrected chi connectivity index (χ3v) is 24.8. The molecule has 4 aliphatic heterocycles. The summed E-state index contributed by atoms with van der Waals surface area (Å²) in [5.74, 6) is -17.8. The Hall–Kier alpha value is -12.8. The minimum absolute atomic E-state index is 0.0261. The monoisotopic (exact) mass is 1790 g/mol. The second-order valence-corrected chi connectivity index (χ2v) is 34.0. The lowest BCUT2D eigenvalue weighted by molar-refractivity contribution is -0.149. The Morgan fingerprint density at radius 3 is 1.82 bits per heavy atom. The van der Waals surface area contributed by atoms with Crippen LogP contribution in [0.3, 0.4) is 0 Å². The fourth-order valence-corrected chi connectivity index (χ4v) is 17.2. The Kier molecular flexibility index (Phi) is 34.7. The third kappa shape index (κ3) is 25.3. The standard InChI is InChI=1S/C87H116N20O20S/c1-8-10-21-67-81(121)95-47(3)75(115)102-66(78(118)93-41-72(88)112)44-128-45-74(114)96-62(31-49-24-26-54(109)27-25-49)83(123)103(5)48(4)76(116)99-64-37-73(113)90-29-28-60(97-79(119)61(35-53-40-89-46-94-53)98-82(122)68-23-16-30-106(68)86(64)126)85(125)107-42-55(110)36-70(107)71(111)34-50(32-51-38-91-58-19-14-12-17-56(51)58)77(117)101-65(43-108)80(120)100-63(33-52-39-92-59-20-15-13-18-57(52)59)84(124)105(7)69(22-11-9-2)87(127)104(67)6/h12-15,17-20,24-27,38-40,46-48,50,55,60-70,91-92,108-110H,8-11,16,21-23,28-37,41-45H2,1-7H3,(H2,88,112)(H,89,94)(H,90,113)(H,93,118)(H,95,121)(H,96,114)(H,97,119)(H,98,122)(H,99,116)(H,100,120)(H,101,117)(H,102,115)/t47-,48-,50+,55+,60-,61-,62-,63-,64-,65-,66-,67-,68-,69-,70-/m0/s1. The quantitative estimate of drug-likeness (QED) is 0.0439. The Morgan fingerprint density at radius 2 is 1.17 bits per heavy atom. The fraction of sp³-hybridized carbons (Fsp3) is 0.517. The molecule has 4 fully saturated rings. The number of carbonyl (C=O) groups is 17. The largest absolute Gasteiger partial charge is 0.508 e. The first kappa shape index (κ1) is 97.4. The van der Waals surface area contributed by atoms with Gasteiger partial charge in [0, 0.05) is 131 Å². The number of likely N-dealkylation sites (N-methyl/N-ethyl adjacent to an activating group) is 3. The molecule has 0 aliphatic carbocycles. The number of imidazole rings is 1. The minimum atomic E-state index is -1.85. The van der Waals surface area contributed by atoms with Crippen molar-refractivity contribution in [1.29, 1.82) is 0 Å². The first-order chi connectivity index (χ1) is 61.2. The number of thioether (sulfide) groups is 1. The van der Waals surface area contributed by atoms with E-state index in [-0.39, 0.29) is 70.1 Å². The van der Waals surface area contributed by atoms with Gasteiger partial charge >= 0.3 is 0 Å². The van der Waals surface area contributed by atoms with Crippen molar-refractivity contribution in [2.24, 2.45) is 11.7 Å². The number of phenols is 1. The zero-order chi connectivity index (χ0) is 92.7. The second kappa shape index (κ2) is 45.6. The molecule has 18 N–H and O–H groups in total. The summed E-state index contributed by atoms with van der Waals surface area (Å²) in [6, 6.07) is -0.112. The van der Waals surface area contributed by atoms with Crippen LogP contribution in [-0.2, 0) is 107 Å². The molecule has 7 heterocycles. The van der Waals surface area contributed by atoms with Gasteiger partial charge in [0.25, 0.3) is 0 Å². The minimum Gasteiger partial charge on any atom is -0.508 e. The molecular weight excluding hydrogens is 1680 g/mol. The Bertz CT molecular complexity index is 5030. The number of aliphatic hydroxyl groups excluding tert-OH is 2. The van der Waals surface area contributed by atoms with Crippen LogP contribution >= 0.6 is 11.8 Å². The number of amides is 16. The number of aromatic nitrogens is 4. The number of aromatic hydroxyl groups is 1. The van der Waals surface area contributed by atoms with Crippen molar-refractivity contribution >= 4 is 134 Å². The van der Waals surface area contributed by atoms with Crippen LogP contribution < -0.4 is 58.9 Å². The van der Waals surface area contributed by atoms with E-state index in [9.17, 15) is 63.3 Å². The van der Waals surface area contributed by atoms with Crippen LogP contribution in [0.2, 0.25) is 0 Å². The van der Waals surface area contributed by atoms with Crippen molar-refractivity contribution in [1.82, 2.24) is 97.6 Å². The number of fused-ring (bicyclic) bond motifs is 10. The van der Waals surface area contributed by atoms with Gasteiger partial charge in [0.2, 0.25) is 94.5 Å². The molecule has 0 saturated carbocycles. The normalized spacial score (nSPS) is 26.1. The lowest BCUT2D eigenvalue weighted by Gasteiger charge is -2.36. The number of hydrogen-bond acceptors (Lipinski definition) is 22. The number of carbonyl (C=O) groups excluding carboxylic acids is 17. The highest BCUT2D eigenvalue weighted by Crippen LogP contribution is 2.30. The van der Waals surface area contributed by atoms with Gasteiger partial charge in [0.1, 0.15) is 78.3 Å². The Morgan fingerprint density at radius 1 is 0.570 bits per heavy atom. The summed E-state index contributed by atoms with van der Waals surface area (Å²) in [7, 11) is 3.95. The van der Waals surface area contributed by atoms with Crippen molar-refractivity contribution in [2.45, 2.75) is 215 Å². The molecule has 10 rings (SSSR count). The summed E-state index contributed by atoms with van der Waals surface area (Å²) in [6.45, 7) is 3.51. The molecule has 0 radical (unpaired) electrons. The van der Waals surface area contributed by atoms with Gasteiger partial charge in [0.05, 0.1) is 43.8 Å². The summed E-state index contributed by atoms with van der Waals surface area (Å²) in [5.41, 5.74) is 8.49. The Labute approximate surface area is 742 Å². The average Bonchev–Trinajstić information content (AvgIpc) is 1.60. The predicted molar refractivity (Wildman–Crippen MR) is 466 cm³/mol. The van der Waals surface area contributed by atoms with E-state index in [4.69, 9.17) is 5.73 Å². The maximum atomic E-state index is 15.6. The number of phenolic OH excluding ortho intramolecular Hbond substituents is 1. The third-order valence-electron chi connectivity index (χ3n) is 23.8. The molecule has 0 spiro atoms. The molecule has 690 valence electrons. The number of hydrogen-bond donors (Lipinski definition) is 17. The summed E-state index contributed by atoms with van der Waals surface area (Å²) >= 11 is 0.788. The zero-order valence-electron chi connectivity index (χ0n) is 72.6. The van der Waals surface area contributed by atoms with Crippen LogP contribution in [0.15, 0.2) is 97.7 Å². The van der Waals surface area contributed by atoms with E-state index in [0.29, 0.717) is 69.9 Å². The summed E-state index contributed by atoms with van der Waals surface area (Å²) in [6.07, 6.45) is 3.34. The summed E-state index contributed by atoms with van der Waals surface area (Å²) in [5, 5.41) is 60.6. The average molecular weight is 1790 g/mol. The van der Waals surface area contributed by atoms with E-state index in [1.807, 2.05) is 13.8 Å². The number of H-pyrrole nitrogens is 3. The summed E-state index contributed by atoms with van der Waals surface area (Å²) < 4.78 is 0. The van der Waals surface area contributed by atoms with Gasteiger partial charge in [0.15, 0.2) is 5.78 Å². The second-order valence-electron chi connectivity index (χ2n) is 33.0. The van der Waals surface area contributed by atoms with Crippen molar-refractivity contribution in [3.05, 3.63) is 120 Å². The number of benzene rings is 3. The molecule has 3 aromatic heterocycles. The lowest BCUT2D eigenvalue weighted by Crippen LogP contribution is -2.60. The maximum Gasteiger partial charge on any atom is 0.246 e. The van der Waals surface area contributed by atoms with E-state index < -0.39 is 248 Å². The van der Waals surface area contributed by atoms with Crippen molar-refractivity contribution < 1.29 is 96.8 Å². The van der Waals surface area contributed by atoms with Gasteiger partial charge in [-0.25, -0.2) is 4.98 Å². The molecule has 4 aliphatic rings. The van der Waals surface area contributed by atoms with Crippen LogP contribution in [0, 0.1) is 5.92 Å². The number of aliphatic hydroxyl groups is 2. The number of nitrogens with two attached hydrogens (primary N) is 1. The van der Waals surface area contributed by atoms with E-state index in [2.05, 4.69) is 73.1 Å². The molecule has 16 amide bonds. The van der Waals surface area contributed by atoms with Crippen LogP contribution in [0.4, 0.5) is 0 Å². The van der Waals surface area contributed by atoms with Gasteiger partial charge in [-0.05, 0) is 93.3 Å². The molecule has 4 saturated heterocycles. The van der Waals surface area contributed by atoms with Gasteiger partial charge in [-0.1, -0.05) is 88.1 Å². The number of primary amides is 1. The molecule has 128 heavy (non-hydrogen) atoms. The maximum absolute atomic E-state index is 15.6. The molecule has 40 nitrogen and oxygen atoms in total. The van der Waals surface area contributed by atoms with Crippen molar-refractivity contribution in [3.8, 4) is 5.75 Å². The Balaban J connectivity index is 1.02. The topological polar surface area (TPSA) is 574 Å². The summed E-state index contributed by atoms with van der Waals surface area (Å²) in [4.78, 5) is 269. The van der Waals surface area contributed by atoms with Crippen LogP contribution in [-0.4, -0.2) is 310 Å². The molecule has 15 atom stereocenters. The number of aromatic amines is 3. The number of unbranched alkanes of at least 4 members (excludes halogenated alkanes) is 2. The smallest absolute Gasteiger partial charge is 0.246 e. The first-order valence-corrected chi connectivity index (χ1v) is 44.2. The molecule has 6 aromatic rings. The predicted octanol–water partition coefficient (Wildman–Crippen LogP) is -2.09. The number of rotatable bonds is 18. The first-order valence-electron chi connectivity index (χ1n) is 43.1. The van der Waals surface area contributed by atoms with Gasteiger partial charge in [-0.15, -0.1) is 11.8 Å². The molecule has 41 heteroatoms. The van der Waals surface area contributed by atoms with E-state index in [0.717, 1.165) is 31.4 Å². The van der Waals surface area contributed by atoms with Crippen LogP contribution in [0.5, 0.6) is 5.75 Å².